The summed E-state index contributed by atoms with van der Waals surface area (Å²) in [6.45, 7) is -1.43. The number of hydroxylamine groups is 1. The fourth-order valence-electron chi connectivity index (χ4n) is 3.38. The number of amides is 1. The Hall–Kier alpha value is -0.780. The standard InChI is InChI=1S/C13H20F3NO2/c14-13(15,16)8-19-17-12(18)11-6-5-9-3-1-2-4-10(9)7-11/h9-11H,1-8H2,(H,17,18). The molecule has 3 nitrogen and oxygen atoms in total. The number of rotatable bonds is 3. The zero-order chi connectivity index (χ0) is 13.9. The molecule has 0 bridgehead atoms. The number of alkyl halides is 3. The Bertz CT molecular complexity index is 320. The van der Waals surface area contributed by atoms with Gasteiger partial charge in [-0.2, -0.15) is 13.2 Å². The highest BCUT2D eigenvalue weighted by Crippen LogP contribution is 2.42. The van der Waals surface area contributed by atoms with Crippen molar-refractivity contribution < 1.29 is 22.8 Å². The van der Waals surface area contributed by atoms with Crippen LogP contribution in [-0.2, 0) is 9.63 Å². The number of hydrogen-bond donors (Lipinski definition) is 1. The zero-order valence-electron chi connectivity index (χ0n) is 10.8. The lowest BCUT2D eigenvalue weighted by Gasteiger charge is -2.38. The van der Waals surface area contributed by atoms with E-state index < -0.39 is 18.7 Å². The van der Waals surface area contributed by atoms with E-state index in [-0.39, 0.29) is 5.92 Å². The van der Waals surface area contributed by atoms with E-state index in [0.29, 0.717) is 11.8 Å². The molecule has 2 aliphatic carbocycles. The fraction of sp³-hybridized carbons (Fsp3) is 0.923. The number of carbonyl (C=O) groups is 1. The van der Waals surface area contributed by atoms with Crippen molar-refractivity contribution in [3.05, 3.63) is 0 Å². The summed E-state index contributed by atoms with van der Waals surface area (Å²) in [5.41, 5.74) is 1.95. The van der Waals surface area contributed by atoms with E-state index in [1.54, 1.807) is 0 Å². The molecular formula is C13H20F3NO2. The molecule has 0 heterocycles. The van der Waals surface area contributed by atoms with E-state index in [4.69, 9.17) is 0 Å². The molecule has 0 aliphatic heterocycles. The van der Waals surface area contributed by atoms with Crippen LogP contribution in [0.3, 0.4) is 0 Å². The second-order valence-corrected chi connectivity index (χ2v) is 5.68. The molecule has 2 fully saturated rings. The Kier molecular flexibility index (Phi) is 4.71. The van der Waals surface area contributed by atoms with Crippen LogP contribution >= 0.6 is 0 Å². The van der Waals surface area contributed by atoms with Gasteiger partial charge in [0.15, 0.2) is 6.61 Å². The van der Waals surface area contributed by atoms with E-state index in [1.807, 2.05) is 5.48 Å². The highest BCUT2D eigenvalue weighted by molar-refractivity contribution is 5.77. The van der Waals surface area contributed by atoms with Crippen LogP contribution in [0.15, 0.2) is 0 Å². The lowest BCUT2D eigenvalue weighted by molar-refractivity contribution is -0.193. The largest absolute Gasteiger partial charge is 0.414 e. The number of carbonyl (C=O) groups excluding carboxylic acids is 1. The number of hydrogen-bond acceptors (Lipinski definition) is 2. The molecule has 2 saturated carbocycles. The number of halogens is 3. The Morgan fingerprint density at radius 1 is 1.11 bits per heavy atom. The molecule has 3 unspecified atom stereocenters. The van der Waals surface area contributed by atoms with E-state index in [2.05, 4.69) is 4.84 Å². The van der Waals surface area contributed by atoms with Crippen LogP contribution in [0.5, 0.6) is 0 Å². The maximum absolute atomic E-state index is 11.9. The molecule has 6 heteroatoms. The van der Waals surface area contributed by atoms with Crippen LogP contribution < -0.4 is 5.48 Å². The average Bonchev–Trinajstić information content (AvgIpc) is 2.36. The van der Waals surface area contributed by atoms with Crippen LogP contribution in [-0.4, -0.2) is 18.7 Å². The number of fused-ring (bicyclic) bond motifs is 1. The zero-order valence-corrected chi connectivity index (χ0v) is 10.8. The molecule has 1 N–H and O–H groups in total. The lowest BCUT2D eigenvalue weighted by atomic mass is 9.67. The van der Waals surface area contributed by atoms with Crippen molar-refractivity contribution in [1.29, 1.82) is 0 Å². The van der Waals surface area contributed by atoms with Gasteiger partial charge >= 0.3 is 6.18 Å². The first kappa shape index (κ1) is 14.6. The monoisotopic (exact) mass is 279 g/mol. The Morgan fingerprint density at radius 2 is 1.79 bits per heavy atom. The second-order valence-electron chi connectivity index (χ2n) is 5.68. The predicted octanol–water partition coefficient (Wildman–Crippen LogP) is 3.20. The number of nitrogens with one attached hydrogen (secondary N) is 1. The molecule has 1 amide bonds. The molecule has 110 valence electrons. The summed E-state index contributed by atoms with van der Waals surface area (Å²) in [4.78, 5) is 16.0. The van der Waals surface area contributed by atoms with Crippen molar-refractivity contribution in [3.8, 4) is 0 Å². The van der Waals surface area contributed by atoms with Gasteiger partial charge in [-0.25, -0.2) is 5.48 Å². The van der Waals surface area contributed by atoms with Gasteiger partial charge < -0.3 is 0 Å². The van der Waals surface area contributed by atoms with Gasteiger partial charge in [-0.3, -0.25) is 9.63 Å². The summed E-state index contributed by atoms with van der Waals surface area (Å²) in [6.07, 6.45) is 3.04. The van der Waals surface area contributed by atoms with Gasteiger partial charge in [-0.05, 0) is 31.1 Å². The molecule has 0 aromatic carbocycles. The minimum absolute atomic E-state index is 0.187. The Balaban J connectivity index is 1.74. The summed E-state index contributed by atoms with van der Waals surface area (Å²) < 4.78 is 35.7. The highest BCUT2D eigenvalue weighted by Gasteiger charge is 2.35. The van der Waals surface area contributed by atoms with E-state index in [0.717, 1.165) is 25.7 Å². The Morgan fingerprint density at radius 3 is 2.47 bits per heavy atom. The normalized spacial score (nSPS) is 31.6. The molecule has 0 aromatic rings. The third kappa shape index (κ3) is 4.37. The van der Waals surface area contributed by atoms with E-state index >= 15 is 0 Å². The van der Waals surface area contributed by atoms with Crippen LogP contribution in [0, 0.1) is 17.8 Å². The maximum Gasteiger partial charge on any atom is 0.414 e. The SMILES string of the molecule is O=C(NOCC(F)(F)F)C1CCC2CCCCC2C1. The molecule has 0 radical (unpaired) electrons. The van der Waals surface area contributed by atoms with E-state index in [9.17, 15) is 18.0 Å². The topological polar surface area (TPSA) is 38.3 Å². The summed E-state index contributed by atoms with van der Waals surface area (Å²) in [5.74, 6) is 0.704. The average molecular weight is 279 g/mol. The van der Waals surface area contributed by atoms with Gasteiger partial charge in [0.2, 0.25) is 5.91 Å². The smallest absolute Gasteiger partial charge is 0.273 e. The van der Waals surface area contributed by atoms with Gasteiger partial charge in [0, 0.05) is 5.92 Å². The van der Waals surface area contributed by atoms with Crippen molar-refractivity contribution in [2.24, 2.45) is 17.8 Å². The van der Waals surface area contributed by atoms with Crippen molar-refractivity contribution in [1.82, 2.24) is 5.48 Å². The van der Waals surface area contributed by atoms with Crippen LogP contribution in [0.1, 0.15) is 44.9 Å². The van der Waals surface area contributed by atoms with Crippen molar-refractivity contribution in [3.63, 3.8) is 0 Å². The van der Waals surface area contributed by atoms with Gasteiger partial charge in [0.1, 0.15) is 0 Å². The van der Waals surface area contributed by atoms with Gasteiger partial charge in [0.25, 0.3) is 0 Å². The maximum atomic E-state index is 11.9. The molecular weight excluding hydrogens is 259 g/mol. The summed E-state index contributed by atoms with van der Waals surface area (Å²) >= 11 is 0. The molecule has 19 heavy (non-hydrogen) atoms. The van der Waals surface area contributed by atoms with Crippen molar-refractivity contribution >= 4 is 5.91 Å². The van der Waals surface area contributed by atoms with Crippen molar-refractivity contribution in [2.75, 3.05) is 6.61 Å². The van der Waals surface area contributed by atoms with Crippen LogP contribution in [0.2, 0.25) is 0 Å². The van der Waals surface area contributed by atoms with Gasteiger partial charge in [0.05, 0.1) is 0 Å². The second kappa shape index (κ2) is 6.11. The minimum atomic E-state index is -4.41. The van der Waals surface area contributed by atoms with Crippen molar-refractivity contribution in [2.45, 2.75) is 51.1 Å². The highest BCUT2D eigenvalue weighted by atomic mass is 19.4. The summed E-state index contributed by atoms with van der Waals surface area (Å²) in [6, 6.07) is 0. The first-order valence-corrected chi connectivity index (χ1v) is 6.94. The molecule has 0 aromatic heterocycles. The summed E-state index contributed by atoms with van der Waals surface area (Å²) in [5, 5.41) is 0. The molecule has 3 atom stereocenters. The van der Waals surface area contributed by atoms with Crippen LogP contribution in [0.4, 0.5) is 13.2 Å². The Labute approximate surface area is 110 Å². The first-order chi connectivity index (χ1) is 8.96. The third-order valence-electron chi connectivity index (χ3n) is 4.32. The van der Waals surface area contributed by atoms with Gasteiger partial charge in [-0.15, -0.1) is 0 Å². The molecule has 2 aliphatic rings. The molecule has 2 rings (SSSR count). The fourth-order valence-corrected chi connectivity index (χ4v) is 3.38. The summed E-state index contributed by atoms with van der Waals surface area (Å²) in [7, 11) is 0. The molecule has 0 saturated heterocycles. The minimum Gasteiger partial charge on any atom is -0.273 e. The molecule has 0 spiro atoms. The van der Waals surface area contributed by atoms with E-state index in [1.165, 1.54) is 19.3 Å². The third-order valence-corrected chi connectivity index (χ3v) is 4.32. The first-order valence-electron chi connectivity index (χ1n) is 6.94. The predicted molar refractivity (Wildman–Crippen MR) is 62.9 cm³/mol. The van der Waals surface area contributed by atoms with Crippen LogP contribution in [0.25, 0.3) is 0 Å². The lowest BCUT2D eigenvalue weighted by Crippen LogP contribution is -2.38. The quantitative estimate of drug-likeness (QED) is 0.806. The van der Waals surface area contributed by atoms with Gasteiger partial charge in [-0.1, -0.05) is 25.7 Å².